The summed E-state index contributed by atoms with van der Waals surface area (Å²) in [5, 5.41) is 4.71. The Labute approximate surface area is 200 Å². The van der Waals surface area contributed by atoms with E-state index >= 15 is 0 Å². The number of carbonyl (C=O) groups is 1. The standard InChI is InChI=1S/C24H21Cl2FN4O2/c25-19-5-2-1-4-16(19)14-33-17-10-8-15(9-11-17)22-12-23(30-29-22)24(32)31-28-13-18-20(26)6-3-7-21(18)27/h1-11,13,22-23,29-30H,12,14H2,(H,31,32)/b28-13+. The number of benzene rings is 3. The first-order chi connectivity index (χ1) is 16.0. The molecule has 1 amide bonds. The molecular formula is C24H21Cl2FN4O2. The smallest absolute Gasteiger partial charge is 0.258 e. The fraction of sp³-hybridized carbons (Fsp3) is 0.167. The van der Waals surface area contributed by atoms with Crippen molar-refractivity contribution < 1.29 is 13.9 Å². The van der Waals surface area contributed by atoms with Crippen LogP contribution >= 0.6 is 23.2 Å². The zero-order valence-electron chi connectivity index (χ0n) is 17.4. The summed E-state index contributed by atoms with van der Waals surface area (Å²) >= 11 is 12.1. The van der Waals surface area contributed by atoms with Gasteiger partial charge < -0.3 is 4.74 Å². The number of nitrogens with zero attached hydrogens (tertiary/aromatic N) is 1. The van der Waals surface area contributed by atoms with Crippen LogP contribution < -0.4 is 21.0 Å². The van der Waals surface area contributed by atoms with E-state index in [0.29, 0.717) is 18.1 Å². The van der Waals surface area contributed by atoms with Gasteiger partial charge in [0.1, 0.15) is 24.2 Å². The third kappa shape index (κ3) is 5.89. The quantitative estimate of drug-likeness (QED) is 0.332. The summed E-state index contributed by atoms with van der Waals surface area (Å²) in [5.41, 5.74) is 10.5. The van der Waals surface area contributed by atoms with Gasteiger partial charge in [0.25, 0.3) is 5.91 Å². The normalized spacial score (nSPS) is 17.9. The average molecular weight is 487 g/mol. The van der Waals surface area contributed by atoms with Crippen molar-refractivity contribution in [2.24, 2.45) is 5.10 Å². The number of hydrazone groups is 1. The highest BCUT2D eigenvalue weighted by molar-refractivity contribution is 6.33. The van der Waals surface area contributed by atoms with E-state index in [0.717, 1.165) is 16.9 Å². The van der Waals surface area contributed by atoms with Crippen molar-refractivity contribution in [2.75, 3.05) is 0 Å². The number of amides is 1. The van der Waals surface area contributed by atoms with Crippen molar-refractivity contribution in [2.45, 2.75) is 25.1 Å². The van der Waals surface area contributed by atoms with E-state index in [1.807, 2.05) is 48.5 Å². The van der Waals surface area contributed by atoms with E-state index in [2.05, 4.69) is 21.4 Å². The molecule has 1 saturated heterocycles. The highest BCUT2D eigenvalue weighted by Gasteiger charge is 2.30. The summed E-state index contributed by atoms with van der Waals surface area (Å²) in [4.78, 5) is 12.4. The first kappa shape index (κ1) is 23.2. The maximum absolute atomic E-state index is 13.8. The van der Waals surface area contributed by atoms with Gasteiger partial charge in [0, 0.05) is 22.2 Å². The molecule has 4 rings (SSSR count). The van der Waals surface area contributed by atoms with Crippen LogP contribution in [0.15, 0.2) is 71.8 Å². The lowest BCUT2D eigenvalue weighted by molar-refractivity contribution is -0.122. The second-order valence-corrected chi connectivity index (χ2v) is 8.26. The van der Waals surface area contributed by atoms with Gasteiger partial charge in [-0.2, -0.15) is 5.10 Å². The molecule has 6 nitrogen and oxygen atoms in total. The maximum Gasteiger partial charge on any atom is 0.258 e. The lowest BCUT2D eigenvalue weighted by atomic mass is 10.0. The first-order valence-corrected chi connectivity index (χ1v) is 11.0. The fourth-order valence-corrected chi connectivity index (χ4v) is 3.79. The van der Waals surface area contributed by atoms with Crippen molar-refractivity contribution >= 4 is 35.3 Å². The van der Waals surface area contributed by atoms with Crippen LogP contribution in [-0.4, -0.2) is 18.2 Å². The van der Waals surface area contributed by atoms with Crippen molar-refractivity contribution in [3.8, 4) is 5.75 Å². The molecule has 1 heterocycles. The summed E-state index contributed by atoms with van der Waals surface area (Å²) in [6.07, 6.45) is 1.71. The molecule has 0 spiro atoms. The van der Waals surface area contributed by atoms with Crippen LogP contribution in [0, 0.1) is 5.82 Å². The van der Waals surface area contributed by atoms with Gasteiger partial charge in [-0.3, -0.25) is 4.79 Å². The minimum Gasteiger partial charge on any atom is -0.489 e. The lowest BCUT2D eigenvalue weighted by Gasteiger charge is -2.12. The number of hydrazine groups is 1. The van der Waals surface area contributed by atoms with Crippen molar-refractivity contribution in [3.05, 3.63) is 99.3 Å². The van der Waals surface area contributed by atoms with Crippen molar-refractivity contribution in [3.63, 3.8) is 0 Å². The molecule has 2 unspecified atom stereocenters. The molecule has 3 aromatic carbocycles. The zero-order chi connectivity index (χ0) is 23.2. The summed E-state index contributed by atoms with van der Waals surface area (Å²) in [5.74, 6) is -0.131. The largest absolute Gasteiger partial charge is 0.489 e. The molecule has 170 valence electrons. The molecule has 1 aliphatic heterocycles. The zero-order valence-corrected chi connectivity index (χ0v) is 18.9. The van der Waals surface area contributed by atoms with E-state index in [4.69, 9.17) is 27.9 Å². The molecule has 0 bridgehead atoms. The third-order valence-corrected chi connectivity index (χ3v) is 5.92. The Hall–Kier alpha value is -2.97. The van der Waals surface area contributed by atoms with Crippen LogP contribution in [0.4, 0.5) is 4.39 Å². The molecule has 0 aliphatic carbocycles. The monoisotopic (exact) mass is 486 g/mol. The van der Waals surface area contributed by atoms with Crippen LogP contribution in [0.3, 0.4) is 0 Å². The van der Waals surface area contributed by atoms with E-state index in [9.17, 15) is 9.18 Å². The first-order valence-electron chi connectivity index (χ1n) is 10.3. The number of rotatable bonds is 7. The number of nitrogens with one attached hydrogen (secondary N) is 3. The van der Waals surface area contributed by atoms with Gasteiger partial charge >= 0.3 is 0 Å². The number of hydrogen-bond donors (Lipinski definition) is 3. The molecule has 3 N–H and O–H groups in total. The topological polar surface area (TPSA) is 74.8 Å². The van der Waals surface area contributed by atoms with E-state index < -0.39 is 11.9 Å². The number of hydrogen-bond acceptors (Lipinski definition) is 5. The Kier molecular flexibility index (Phi) is 7.57. The third-order valence-electron chi connectivity index (χ3n) is 5.22. The molecule has 2 atom stereocenters. The second-order valence-electron chi connectivity index (χ2n) is 7.45. The average Bonchev–Trinajstić information content (AvgIpc) is 3.31. The summed E-state index contributed by atoms with van der Waals surface area (Å²) in [6.45, 7) is 0.378. The molecular weight excluding hydrogens is 466 g/mol. The molecule has 33 heavy (non-hydrogen) atoms. The summed E-state index contributed by atoms with van der Waals surface area (Å²) in [6, 6.07) is 18.9. The van der Waals surface area contributed by atoms with Gasteiger partial charge in [-0.1, -0.05) is 59.6 Å². The summed E-state index contributed by atoms with van der Waals surface area (Å²) in [7, 11) is 0. The predicted octanol–water partition coefficient (Wildman–Crippen LogP) is 4.77. The number of ether oxygens (including phenoxy) is 1. The minimum absolute atomic E-state index is 0.0663. The van der Waals surface area contributed by atoms with Gasteiger partial charge in [-0.05, 0) is 42.3 Å². The Balaban J connectivity index is 1.29. The molecule has 0 radical (unpaired) electrons. The van der Waals surface area contributed by atoms with Crippen LogP contribution in [0.2, 0.25) is 10.0 Å². The van der Waals surface area contributed by atoms with Gasteiger partial charge in [0.15, 0.2) is 0 Å². The molecule has 0 saturated carbocycles. The van der Waals surface area contributed by atoms with Gasteiger partial charge in [-0.15, -0.1) is 0 Å². The lowest BCUT2D eigenvalue weighted by Crippen LogP contribution is -2.41. The van der Waals surface area contributed by atoms with Crippen LogP contribution in [0.1, 0.15) is 29.2 Å². The predicted molar refractivity (Wildman–Crippen MR) is 127 cm³/mol. The summed E-state index contributed by atoms with van der Waals surface area (Å²) < 4.78 is 19.6. The molecule has 1 aliphatic rings. The molecule has 0 aromatic heterocycles. The van der Waals surface area contributed by atoms with E-state index in [1.54, 1.807) is 6.07 Å². The molecule has 3 aromatic rings. The highest BCUT2D eigenvalue weighted by atomic mass is 35.5. The SMILES string of the molecule is O=C(N/N=C/c1c(F)cccc1Cl)C1CC(c2ccc(OCc3ccccc3Cl)cc2)NN1. The van der Waals surface area contributed by atoms with Gasteiger partial charge in [0.2, 0.25) is 0 Å². The Bertz CT molecular complexity index is 1140. The van der Waals surface area contributed by atoms with Crippen molar-refractivity contribution in [1.29, 1.82) is 0 Å². The second kappa shape index (κ2) is 10.8. The number of carbonyl (C=O) groups excluding carboxylic acids is 1. The Morgan fingerprint density at radius 3 is 2.58 bits per heavy atom. The van der Waals surface area contributed by atoms with Gasteiger partial charge in [-0.25, -0.2) is 20.7 Å². The molecule has 1 fully saturated rings. The van der Waals surface area contributed by atoms with E-state index in [-0.39, 0.29) is 22.5 Å². The number of halogens is 3. The van der Waals surface area contributed by atoms with E-state index in [1.165, 1.54) is 18.3 Å². The van der Waals surface area contributed by atoms with Crippen LogP contribution in [-0.2, 0) is 11.4 Å². The van der Waals surface area contributed by atoms with Crippen LogP contribution in [0.5, 0.6) is 5.75 Å². The Morgan fingerprint density at radius 1 is 1.06 bits per heavy atom. The minimum atomic E-state index is -0.513. The van der Waals surface area contributed by atoms with Crippen molar-refractivity contribution in [1.82, 2.24) is 16.3 Å². The fourth-order valence-electron chi connectivity index (χ4n) is 3.39. The maximum atomic E-state index is 13.8. The molecule has 9 heteroatoms. The highest BCUT2D eigenvalue weighted by Crippen LogP contribution is 2.25. The van der Waals surface area contributed by atoms with Gasteiger partial charge in [0.05, 0.1) is 11.2 Å². The Morgan fingerprint density at radius 2 is 1.82 bits per heavy atom. The van der Waals surface area contributed by atoms with Crippen LogP contribution in [0.25, 0.3) is 0 Å².